The van der Waals surface area contributed by atoms with Crippen LogP contribution in [0.15, 0.2) is 23.8 Å². The molecule has 0 fully saturated rings. The lowest BCUT2D eigenvalue weighted by Crippen LogP contribution is -2.45. The van der Waals surface area contributed by atoms with Crippen molar-refractivity contribution in [3.8, 4) is 12.1 Å². The first-order valence-electron chi connectivity index (χ1n) is 6.78. The third-order valence-electron chi connectivity index (χ3n) is 4.21. The number of allylic oxidation sites excluding steroid dienone is 1. The molecular weight excluding hydrogens is 246 g/mol. The van der Waals surface area contributed by atoms with Gasteiger partial charge >= 0.3 is 0 Å². The first kappa shape index (κ1) is 14.2. The average molecular weight is 265 g/mol. The minimum Gasteiger partial charge on any atom is -0.369 e. The average Bonchev–Trinajstić information content (AvgIpc) is 2.42. The number of hydrogen-bond donors (Lipinski definition) is 0. The summed E-state index contributed by atoms with van der Waals surface area (Å²) in [5, 5.41) is 17.7. The van der Waals surface area contributed by atoms with Crippen molar-refractivity contribution in [3.05, 3.63) is 34.9 Å². The highest BCUT2D eigenvalue weighted by molar-refractivity contribution is 5.68. The van der Waals surface area contributed by atoms with Crippen LogP contribution < -0.4 is 4.90 Å². The number of nitriles is 2. The Hall–Kier alpha value is -2.26. The first-order chi connectivity index (χ1) is 9.39. The molecule has 3 nitrogen and oxygen atoms in total. The summed E-state index contributed by atoms with van der Waals surface area (Å²) >= 11 is 0. The van der Waals surface area contributed by atoms with Crippen molar-refractivity contribution in [1.29, 1.82) is 10.5 Å². The van der Waals surface area contributed by atoms with Gasteiger partial charge in [-0.25, -0.2) is 0 Å². The van der Waals surface area contributed by atoms with Gasteiger partial charge in [0.25, 0.3) is 0 Å². The van der Waals surface area contributed by atoms with Crippen molar-refractivity contribution in [1.82, 2.24) is 0 Å². The fourth-order valence-corrected chi connectivity index (χ4v) is 2.94. The summed E-state index contributed by atoms with van der Waals surface area (Å²) in [4.78, 5) is 2.31. The summed E-state index contributed by atoms with van der Waals surface area (Å²) < 4.78 is 0. The number of anilines is 1. The monoisotopic (exact) mass is 265 g/mol. The van der Waals surface area contributed by atoms with Gasteiger partial charge in [-0.05, 0) is 55.5 Å². The Morgan fingerprint density at radius 2 is 2.00 bits per heavy atom. The van der Waals surface area contributed by atoms with Gasteiger partial charge in [0, 0.05) is 18.3 Å². The Kier molecular flexibility index (Phi) is 3.55. The molecule has 102 valence electrons. The molecule has 2 rings (SSSR count). The van der Waals surface area contributed by atoms with Gasteiger partial charge in [0.15, 0.2) is 0 Å². The van der Waals surface area contributed by atoms with Crippen molar-refractivity contribution in [3.63, 3.8) is 0 Å². The SMILES string of the molecule is CC1CC(C)(C)N(C)c2ccc(C=C(C#N)C#N)cc21. The van der Waals surface area contributed by atoms with Crippen molar-refractivity contribution in [2.45, 2.75) is 38.6 Å². The van der Waals surface area contributed by atoms with E-state index in [2.05, 4.69) is 44.9 Å². The summed E-state index contributed by atoms with van der Waals surface area (Å²) in [7, 11) is 2.12. The van der Waals surface area contributed by atoms with Gasteiger partial charge in [0.1, 0.15) is 17.7 Å². The fraction of sp³-hybridized carbons (Fsp3) is 0.412. The van der Waals surface area contributed by atoms with Crippen LogP contribution in [0.5, 0.6) is 0 Å². The summed E-state index contributed by atoms with van der Waals surface area (Å²) in [6, 6.07) is 9.96. The van der Waals surface area contributed by atoms with E-state index >= 15 is 0 Å². The summed E-state index contributed by atoms with van der Waals surface area (Å²) in [6.45, 7) is 6.74. The summed E-state index contributed by atoms with van der Waals surface area (Å²) in [5.74, 6) is 0.470. The van der Waals surface area contributed by atoms with Crippen LogP contribution in [0.2, 0.25) is 0 Å². The highest BCUT2D eigenvalue weighted by atomic mass is 15.2. The quantitative estimate of drug-likeness (QED) is 0.725. The van der Waals surface area contributed by atoms with E-state index in [4.69, 9.17) is 10.5 Å². The molecule has 0 spiro atoms. The maximum Gasteiger partial charge on any atom is 0.130 e. The molecule has 0 N–H and O–H groups in total. The molecule has 0 radical (unpaired) electrons. The topological polar surface area (TPSA) is 50.8 Å². The Morgan fingerprint density at radius 1 is 1.35 bits per heavy atom. The van der Waals surface area contributed by atoms with E-state index in [0.717, 1.165) is 12.0 Å². The van der Waals surface area contributed by atoms with Crippen LogP contribution in [0.25, 0.3) is 6.08 Å². The molecule has 0 saturated heterocycles. The Balaban J connectivity index is 2.49. The maximum atomic E-state index is 8.84. The normalized spacial score (nSPS) is 19.5. The van der Waals surface area contributed by atoms with Gasteiger partial charge in [-0.15, -0.1) is 0 Å². The molecule has 0 aromatic heterocycles. The number of rotatable bonds is 1. The fourth-order valence-electron chi connectivity index (χ4n) is 2.94. The van der Waals surface area contributed by atoms with E-state index < -0.39 is 0 Å². The van der Waals surface area contributed by atoms with Gasteiger partial charge in [0.05, 0.1) is 0 Å². The van der Waals surface area contributed by atoms with Gasteiger partial charge in [-0.3, -0.25) is 0 Å². The zero-order valence-corrected chi connectivity index (χ0v) is 12.4. The Bertz CT molecular complexity index is 625. The summed E-state index contributed by atoms with van der Waals surface area (Å²) in [6.07, 6.45) is 2.74. The largest absolute Gasteiger partial charge is 0.369 e. The molecule has 0 saturated carbocycles. The van der Waals surface area contributed by atoms with E-state index in [9.17, 15) is 0 Å². The molecular formula is C17H19N3. The second kappa shape index (κ2) is 5.02. The Labute approximate surface area is 120 Å². The van der Waals surface area contributed by atoms with E-state index in [0.29, 0.717) is 5.92 Å². The minimum absolute atomic E-state index is 0.141. The predicted octanol–water partition coefficient (Wildman–Crippen LogP) is 3.84. The second-order valence-electron chi connectivity index (χ2n) is 6.08. The predicted molar refractivity (Wildman–Crippen MR) is 81.2 cm³/mol. The molecule has 1 aliphatic heterocycles. The molecule has 0 bridgehead atoms. The molecule has 1 aromatic carbocycles. The highest BCUT2D eigenvalue weighted by Crippen LogP contribution is 2.42. The van der Waals surface area contributed by atoms with Crippen molar-refractivity contribution in [2.24, 2.45) is 0 Å². The Morgan fingerprint density at radius 3 is 2.60 bits per heavy atom. The zero-order valence-electron chi connectivity index (χ0n) is 12.4. The lowest BCUT2D eigenvalue weighted by Gasteiger charge is -2.45. The van der Waals surface area contributed by atoms with Crippen molar-refractivity contribution < 1.29 is 0 Å². The molecule has 1 unspecified atom stereocenters. The summed E-state index contributed by atoms with van der Waals surface area (Å²) in [5.41, 5.74) is 3.73. The van der Waals surface area contributed by atoms with Crippen molar-refractivity contribution in [2.75, 3.05) is 11.9 Å². The van der Waals surface area contributed by atoms with Crippen LogP contribution in [-0.4, -0.2) is 12.6 Å². The molecule has 3 heteroatoms. The molecule has 1 heterocycles. The molecule has 1 aliphatic rings. The molecule has 0 aliphatic carbocycles. The minimum atomic E-state index is 0.141. The number of fused-ring (bicyclic) bond motifs is 1. The third kappa shape index (κ3) is 2.40. The lowest BCUT2D eigenvalue weighted by molar-refractivity contribution is 0.395. The van der Waals surface area contributed by atoms with Crippen molar-refractivity contribution >= 4 is 11.8 Å². The standard InChI is InChI=1S/C17H19N3/c1-12-9-17(2,3)20(4)16-6-5-13(8-15(12)16)7-14(10-18)11-19/h5-8,12H,9H2,1-4H3. The number of benzene rings is 1. The smallest absolute Gasteiger partial charge is 0.130 e. The van der Waals surface area contributed by atoms with E-state index in [1.165, 1.54) is 11.3 Å². The van der Waals surface area contributed by atoms with Crippen LogP contribution in [-0.2, 0) is 0 Å². The lowest BCUT2D eigenvalue weighted by atomic mass is 9.80. The van der Waals surface area contributed by atoms with Crippen LogP contribution in [0.1, 0.15) is 44.2 Å². The number of nitrogens with zero attached hydrogens (tertiary/aromatic N) is 3. The van der Waals surface area contributed by atoms with E-state index in [1.807, 2.05) is 18.2 Å². The number of hydrogen-bond acceptors (Lipinski definition) is 3. The zero-order chi connectivity index (χ0) is 14.9. The van der Waals surface area contributed by atoms with Gasteiger partial charge in [-0.2, -0.15) is 10.5 Å². The van der Waals surface area contributed by atoms with Crippen LogP contribution in [0, 0.1) is 22.7 Å². The van der Waals surface area contributed by atoms with Gasteiger partial charge in [-0.1, -0.05) is 13.0 Å². The van der Waals surface area contributed by atoms with Crippen LogP contribution in [0.3, 0.4) is 0 Å². The third-order valence-corrected chi connectivity index (χ3v) is 4.21. The molecule has 0 amide bonds. The van der Waals surface area contributed by atoms with Crippen LogP contribution in [0.4, 0.5) is 5.69 Å². The van der Waals surface area contributed by atoms with Crippen LogP contribution >= 0.6 is 0 Å². The second-order valence-corrected chi connectivity index (χ2v) is 6.08. The molecule has 1 atom stereocenters. The van der Waals surface area contributed by atoms with E-state index in [-0.39, 0.29) is 11.1 Å². The van der Waals surface area contributed by atoms with E-state index in [1.54, 1.807) is 6.08 Å². The highest BCUT2D eigenvalue weighted by Gasteiger charge is 2.33. The molecule has 1 aromatic rings. The maximum absolute atomic E-state index is 8.84. The van der Waals surface area contributed by atoms with Gasteiger partial charge in [0.2, 0.25) is 0 Å². The molecule has 20 heavy (non-hydrogen) atoms. The first-order valence-corrected chi connectivity index (χ1v) is 6.78. The van der Waals surface area contributed by atoms with Gasteiger partial charge < -0.3 is 4.90 Å².